The van der Waals surface area contributed by atoms with Crippen LogP contribution in [0.4, 0.5) is 4.39 Å². The molecule has 0 bridgehead atoms. The van der Waals surface area contributed by atoms with Gasteiger partial charge in [0.15, 0.2) is 5.96 Å². The molecule has 1 atom stereocenters. The lowest BCUT2D eigenvalue weighted by Gasteiger charge is -2.24. The number of pyridine rings is 1. The number of aromatic nitrogens is 1. The Hall–Kier alpha value is -2.67. The SMILES string of the molecule is CN=C(NCc1cccnc1Oc1cccc(F)c1)NCC1(C)CCCO1. The minimum Gasteiger partial charge on any atom is -0.439 e. The Kier molecular flexibility index (Phi) is 6.24. The van der Waals surface area contributed by atoms with E-state index < -0.39 is 0 Å². The van der Waals surface area contributed by atoms with Crippen LogP contribution in [-0.4, -0.2) is 36.7 Å². The van der Waals surface area contributed by atoms with Crippen LogP contribution in [0, 0.1) is 5.82 Å². The van der Waals surface area contributed by atoms with E-state index in [1.807, 2.05) is 12.1 Å². The number of guanidine groups is 1. The summed E-state index contributed by atoms with van der Waals surface area (Å²) >= 11 is 0. The van der Waals surface area contributed by atoms with Crippen molar-refractivity contribution < 1.29 is 13.9 Å². The van der Waals surface area contributed by atoms with Crippen molar-refractivity contribution in [3.05, 3.63) is 54.0 Å². The number of aliphatic imine (C=N–C) groups is 1. The van der Waals surface area contributed by atoms with E-state index in [2.05, 4.69) is 27.5 Å². The summed E-state index contributed by atoms with van der Waals surface area (Å²) in [6, 6.07) is 9.73. The zero-order chi connectivity index (χ0) is 19.1. The standard InChI is InChI=1S/C20H25FN4O2/c1-20(9-5-11-26-20)14-25-19(22-2)24-13-15-6-4-10-23-18(15)27-17-8-3-7-16(21)12-17/h3-4,6-8,10,12H,5,9,11,13-14H2,1-2H3,(H2,22,24,25). The van der Waals surface area contributed by atoms with Gasteiger partial charge in [0.25, 0.3) is 0 Å². The Morgan fingerprint density at radius 3 is 2.96 bits per heavy atom. The van der Waals surface area contributed by atoms with Gasteiger partial charge in [0.05, 0.1) is 5.60 Å². The molecule has 2 N–H and O–H groups in total. The zero-order valence-electron chi connectivity index (χ0n) is 15.7. The summed E-state index contributed by atoms with van der Waals surface area (Å²) in [4.78, 5) is 8.51. The normalized spacial score (nSPS) is 19.7. The summed E-state index contributed by atoms with van der Waals surface area (Å²) in [5.41, 5.74) is 0.686. The number of halogens is 1. The van der Waals surface area contributed by atoms with Crippen LogP contribution in [0.5, 0.6) is 11.6 Å². The molecule has 2 aromatic rings. The highest BCUT2D eigenvalue weighted by atomic mass is 19.1. The van der Waals surface area contributed by atoms with Crippen LogP contribution in [-0.2, 0) is 11.3 Å². The molecule has 0 spiro atoms. The molecule has 1 unspecified atom stereocenters. The minimum absolute atomic E-state index is 0.155. The molecule has 3 rings (SSSR count). The van der Waals surface area contributed by atoms with E-state index in [9.17, 15) is 4.39 Å². The highest BCUT2D eigenvalue weighted by Crippen LogP contribution is 2.24. The van der Waals surface area contributed by atoms with Crippen molar-refractivity contribution in [3.8, 4) is 11.6 Å². The third-order valence-corrected chi connectivity index (χ3v) is 4.46. The maximum absolute atomic E-state index is 13.4. The van der Waals surface area contributed by atoms with Crippen molar-refractivity contribution in [2.75, 3.05) is 20.2 Å². The summed E-state index contributed by atoms with van der Waals surface area (Å²) in [7, 11) is 1.72. The molecular formula is C20H25FN4O2. The molecule has 6 nitrogen and oxygen atoms in total. The van der Waals surface area contributed by atoms with Crippen molar-refractivity contribution in [1.29, 1.82) is 0 Å². The monoisotopic (exact) mass is 372 g/mol. The number of rotatable bonds is 6. The second-order valence-electron chi connectivity index (χ2n) is 6.71. The molecule has 1 aromatic carbocycles. The first-order chi connectivity index (χ1) is 13.1. The summed E-state index contributed by atoms with van der Waals surface area (Å²) < 4.78 is 24.9. The van der Waals surface area contributed by atoms with Crippen LogP contribution >= 0.6 is 0 Å². The maximum Gasteiger partial charge on any atom is 0.224 e. The minimum atomic E-state index is -0.352. The third kappa shape index (κ3) is 5.40. The van der Waals surface area contributed by atoms with Gasteiger partial charge in [0, 0.05) is 44.6 Å². The fourth-order valence-electron chi connectivity index (χ4n) is 2.94. The van der Waals surface area contributed by atoms with Crippen molar-refractivity contribution in [2.24, 2.45) is 4.99 Å². The third-order valence-electron chi connectivity index (χ3n) is 4.46. The van der Waals surface area contributed by atoms with E-state index in [1.165, 1.54) is 12.1 Å². The number of ether oxygens (including phenoxy) is 2. The average molecular weight is 372 g/mol. The number of benzene rings is 1. The lowest BCUT2D eigenvalue weighted by molar-refractivity contribution is 0.0243. The van der Waals surface area contributed by atoms with E-state index >= 15 is 0 Å². The second kappa shape index (κ2) is 8.81. The van der Waals surface area contributed by atoms with Gasteiger partial charge in [-0.1, -0.05) is 12.1 Å². The van der Waals surface area contributed by atoms with Crippen LogP contribution in [0.3, 0.4) is 0 Å². The van der Waals surface area contributed by atoms with Crippen LogP contribution in [0.15, 0.2) is 47.6 Å². The Morgan fingerprint density at radius 1 is 1.33 bits per heavy atom. The number of nitrogens with zero attached hydrogens (tertiary/aromatic N) is 2. The van der Waals surface area contributed by atoms with Crippen LogP contribution in [0.25, 0.3) is 0 Å². The number of hydrogen-bond donors (Lipinski definition) is 2. The summed E-state index contributed by atoms with van der Waals surface area (Å²) in [5, 5.41) is 6.56. The molecule has 0 radical (unpaired) electrons. The Balaban J connectivity index is 1.60. The first-order valence-corrected chi connectivity index (χ1v) is 9.04. The average Bonchev–Trinajstić information content (AvgIpc) is 3.10. The molecule has 144 valence electrons. The summed E-state index contributed by atoms with van der Waals surface area (Å²) in [6.07, 6.45) is 3.76. The van der Waals surface area contributed by atoms with Gasteiger partial charge in [-0.05, 0) is 38.0 Å². The maximum atomic E-state index is 13.4. The molecule has 1 aliphatic rings. The van der Waals surface area contributed by atoms with Gasteiger partial charge in [-0.2, -0.15) is 0 Å². The fourth-order valence-corrected chi connectivity index (χ4v) is 2.94. The molecule has 1 fully saturated rings. The Bertz CT molecular complexity index is 791. The highest BCUT2D eigenvalue weighted by Gasteiger charge is 2.29. The van der Waals surface area contributed by atoms with E-state index in [0.29, 0.717) is 30.7 Å². The number of hydrogen-bond acceptors (Lipinski definition) is 4. The largest absolute Gasteiger partial charge is 0.439 e. The van der Waals surface area contributed by atoms with E-state index in [0.717, 1.165) is 25.0 Å². The number of nitrogens with one attached hydrogen (secondary N) is 2. The van der Waals surface area contributed by atoms with Crippen molar-refractivity contribution in [2.45, 2.75) is 31.9 Å². The smallest absolute Gasteiger partial charge is 0.224 e. The summed E-state index contributed by atoms with van der Waals surface area (Å²) in [5.74, 6) is 1.16. The van der Waals surface area contributed by atoms with E-state index in [4.69, 9.17) is 9.47 Å². The predicted octanol–water partition coefficient (Wildman–Crippen LogP) is 3.25. The molecule has 0 aliphatic carbocycles. The van der Waals surface area contributed by atoms with Crippen LogP contribution < -0.4 is 15.4 Å². The molecule has 2 heterocycles. The van der Waals surface area contributed by atoms with Gasteiger partial charge < -0.3 is 20.1 Å². The molecule has 1 aliphatic heterocycles. The van der Waals surface area contributed by atoms with Crippen molar-refractivity contribution in [1.82, 2.24) is 15.6 Å². The highest BCUT2D eigenvalue weighted by molar-refractivity contribution is 5.79. The molecule has 1 aromatic heterocycles. The van der Waals surface area contributed by atoms with Crippen LogP contribution in [0.2, 0.25) is 0 Å². The van der Waals surface area contributed by atoms with Crippen LogP contribution in [0.1, 0.15) is 25.3 Å². The van der Waals surface area contributed by atoms with Crippen molar-refractivity contribution in [3.63, 3.8) is 0 Å². The first-order valence-electron chi connectivity index (χ1n) is 9.04. The second-order valence-corrected chi connectivity index (χ2v) is 6.71. The molecular weight excluding hydrogens is 347 g/mol. The van der Waals surface area contributed by atoms with Gasteiger partial charge in [0.1, 0.15) is 11.6 Å². The predicted molar refractivity (Wildman–Crippen MR) is 103 cm³/mol. The zero-order valence-corrected chi connectivity index (χ0v) is 15.7. The molecule has 7 heteroatoms. The molecule has 0 saturated carbocycles. The van der Waals surface area contributed by atoms with E-state index in [-0.39, 0.29) is 11.4 Å². The first kappa shape index (κ1) is 19.1. The van der Waals surface area contributed by atoms with Gasteiger partial charge >= 0.3 is 0 Å². The van der Waals surface area contributed by atoms with Gasteiger partial charge in [0.2, 0.25) is 5.88 Å². The fraction of sp³-hybridized carbons (Fsp3) is 0.400. The lowest BCUT2D eigenvalue weighted by Crippen LogP contribution is -2.45. The molecule has 1 saturated heterocycles. The quantitative estimate of drug-likeness (QED) is 0.602. The summed E-state index contributed by atoms with van der Waals surface area (Å²) in [6.45, 7) is 4.06. The topological polar surface area (TPSA) is 67.8 Å². The van der Waals surface area contributed by atoms with Gasteiger partial charge in [-0.3, -0.25) is 4.99 Å². The molecule has 0 amide bonds. The lowest BCUT2D eigenvalue weighted by atomic mass is 10.0. The molecule has 27 heavy (non-hydrogen) atoms. The Morgan fingerprint density at radius 2 is 2.22 bits per heavy atom. The van der Waals surface area contributed by atoms with Crippen molar-refractivity contribution >= 4 is 5.96 Å². The van der Waals surface area contributed by atoms with E-state index in [1.54, 1.807) is 25.4 Å². The van der Waals surface area contributed by atoms with Gasteiger partial charge in [-0.25, -0.2) is 9.37 Å². The van der Waals surface area contributed by atoms with Gasteiger partial charge in [-0.15, -0.1) is 0 Å². The Labute approximate surface area is 158 Å².